The summed E-state index contributed by atoms with van der Waals surface area (Å²) in [6, 6.07) is 0. The molecular formula is C10H12N2S2. The highest BCUT2D eigenvalue weighted by Crippen LogP contribution is 2.20. The molecule has 0 aromatic rings. The first kappa shape index (κ1) is 13.1. The molecule has 74 valence electrons. The van der Waals surface area contributed by atoms with Crippen LogP contribution < -0.4 is 0 Å². The molecule has 0 rings (SSSR count). The number of aliphatic imine (C=N–C) groups is 2. The lowest BCUT2D eigenvalue weighted by Gasteiger charge is -2.04. The van der Waals surface area contributed by atoms with E-state index in [1.165, 1.54) is 0 Å². The van der Waals surface area contributed by atoms with Gasteiger partial charge in [0.25, 0.3) is 0 Å². The van der Waals surface area contributed by atoms with Crippen LogP contribution >= 0.6 is 24.4 Å². The van der Waals surface area contributed by atoms with Crippen LogP contribution in [-0.2, 0) is 0 Å². The van der Waals surface area contributed by atoms with Crippen molar-refractivity contribution in [2.45, 2.75) is 27.7 Å². The van der Waals surface area contributed by atoms with Crippen molar-refractivity contribution < 1.29 is 0 Å². The van der Waals surface area contributed by atoms with Crippen LogP contribution in [0.5, 0.6) is 0 Å². The smallest absolute Gasteiger partial charge is 0.0990 e. The van der Waals surface area contributed by atoms with Crippen LogP contribution in [0.15, 0.2) is 32.5 Å². The van der Waals surface area contributed by atoms with Crippen molar-refractivity contribution in [3.8, 4) is 0 Å². The fourth-order valence-electron chi connectivity index (χ4n) is 0.894. The largest absolute Gasteiger partial charge is 0.192 e. The van der Waals surface area contributed by atoms with Crippen LogP contribution in [0.1, 0.15) is 27.7 Å². The Labute approximate surface area is 95.2 Å². The molecule has 0 saturated carbocycles. The number of thiocarbonyl (C=S) groups is 2. The molecule has 0 spiro atoms. The second kappa shape index (κ2) is 6.52. The van der Waals surface area contributed by atoms with Crippen LogP contribution in [0, 0.1) is 0 Å². The predicted octanol–water partition coefficient (Wildman–Crippen LogP) is 3.78. The van der Waals surface area contributed by atoms with Crippen molar-refractivity contribution in [1.29, 1.82) is 0 Å². The highest BCUT2D eigenvalue weighted by molar-refractivity contribution is 7.78. The first-order valence-corrected chi connectivity index (χ1v) is 4.87. The van der Waals surface area contributed by atoms with E-state index in [0.29, 0.717) is 0 Å². The quantitative estimate of drug-likeness (QED) is 0.414. The molecule has 0 fully saturated rings. The highest BCUT2D eigenvalue weighted by Gasteiger charge is 2.06. The standard InChI is InChI=1S/C10H12N2S2/c1-7(2)9(11-5-13)10(8(3)4)12-6-14/h1-4H3. The van der Waals surface area contributed by atoms with Crippen molar-refractivity contribution in [3.63, 3.8) is 0 Å². The summed E-state index contributed by atoms with van der Waals surface area (Å²) in [4.78, 5) is 7.94. The molecule has 0 bridgehead atoms. The van der Waals surface area contributed by atoms with E-state index in [0.717, 1.165) is 22.5 Å². The van der Waals surface area contributed by atoms with E-state index in [1.807, 2.05) is 27.7 Å². The number of nitrogens with zero attached hydrogens (tertiary/aromatic N) is 2. The lowest BCUT2D eigenvalue weighted by Crippen LogP contribution is -1.89. The van der Waals surface area contributed by atoms with Crippen molar-refractivity contribution in [2.75, 3.05) is 0 Å². The van der Waals surface area contributed by atoms with Crippen molar-refractivity contribution in [2.24, 2.45) is 9.98 Å². The highest BCUT2D eigenvalue weighted by atomic mass is 32.1. The summed E-state index contributed by atoms with van der Waals surface area (Å²) in [5, 5.41) is 4.67. The molecule has 0 N–H and O–H groups in total. The fraction of sp³-hybridized carbons (Fsp3) is 0.400. The van der Waals surface area contributed by atoms with Gasteiger partial charge in [-0.3, -0.25) is 0 Å². The maximum Gasteiger partial charge on any atom is 0.0990 e. The second-order valence-electron chi connectivity index (χ2n) is 3.10. The molecule has 0 aromatic heterocycles. The third-order valence-electron chi connectivity index (χ3n) is 1.49. The van der Waals surface area contributed by atoms with Crippen LogP contribution in [0.4, 0.5) is 0 Å². The first-order valence-electron chi connectivity index (χ1n) is 4.05. The van der Waals surface area contributed by atoms with Crippen molar-refractivity contribution >= 4 is 34.8 Å². The van der Waals surface area contributed by atoms with Gasteiger partial charge in [-0.15, -0.1) is 0 Å². The topological polar surface area (TPSA) is 24.7 Å². The molecule has 0 amide bonds. The van der Waals surface area contributed by atoms with Gasteiger partial charge in [-0.2, -0.15) is 9.98 Å². The van der Waals surface area contributed by atoms with Gasteiger partial charge in [-0.1, -0.05) is 0 Å². The molecule has 0 aromatic carbocycles. The van der Waals surface area contributed by atoms with E-state index >= 15 is 0 Å². The second-order valence-corrected chi connectivity index (χ2v) is 3.47. The molecule has 0 unspecified atom stereocenters. The predicted molar refractivity (Wildman–Crippen MR) is 66.8 cm³/mol. The Morgan fingerprint density at radius 1 is 0.786 bits per heavy atom. The van der Waals surface area contributed by atoms with Crippen LogP contribution in [0.25, 0.3) is 0 Å². The number of rotatable bonds is 3. The van der Waals surface area contributed by atoms with Gasteiger partial charge in [0.05, 0.1) is 21.7 Å². The van der Waals surface area contributed by atoms with E-state index in [-0.39, 0.29) is 0 Å². The van der Waals surface area contributed by atoms with Gasteiger partial charge in [-0.25, -0.2) is 0 Å². The zero-order valence-corrected chi connectivity index (χ0v) is 10.3. The summed E-state index contributed by atoms with van der Waals surface area (Å²) in [5.41, 5.74) is 3.48. The third-order valence-corrected chi connectivity index (χ3v) is 1.67. The fourth-order valence-corrected chi connectivity index (χ4v) is 1.08. The molecule has 4 heteroatoms. The van der Waals surface area contributed by atoms with Gasteiger partial charge < -0.3 is 0 Å². The minimum absolute atomic E-state index is 0.720. The van der Waals surface area contributed by atoms with E-state index in [2.05, 4.69) is 44.7 Å². The van der Waals surface area contributed by atoms with Crippen LogP contribution in [-0.4, -0.2) is 10.3 Å². The zero-order valence-electron chi connectivity index (χ0n) is 8.71. The molecule has 0 aliphatic heterocycles. The van der Waals surface area contributed by atoms with E-state index in [4.69, 9.17) is 0 Å². The van der Waals surface area contributed by atoms with Crippen molar-refractivity contribution in [1.82, 2.24) is 0 Å². The average Bonchev–Trinajstić information content (AvgIpc) is 2.10. The van der Waals surface area contributed by atoms with E-state index in [9.17, 15) is 0 Å². The molecule has 0 saturated heterocycles. The lowest BCUT2D eigenvalue weighted by molar-refractivity contribution is 1.13. The Morgan fingerprint density at radius 2 is 1.07 bits per heavy atom. The molecule has 2 nitrogen and oxygen atoms in total. The Kier molecular flexibility index (Phi) is 6.09. The molecule has 0 radical (unpaired) electrons. The molecular weight excluding hydrogens is 212 g/mol. The van der Waals surface area contributed by atoms with Crippen LogP contribution in [0.3, 0.4) is 0 Å². The van der Waals surface area contributed by atoms with Gasteiger partial charge in [-0.05, 0) is 63.3 Å². The normalized spacial score (nSPS) is 8.00. The summed E-state index contributed by atoms with van der Waals surface area (Å²) in [5.74, 6) is 0. The summed E-state index contributed by atoms with van der Waals surface area (Å²) in [6.07, 6.45) is 0. The summed E-state index contributed by atoms with van der Waals surface area (Å²) >= 11 is 9.15. The Morgan fingerprint density at radius 3 is 1.21 bits per heavy atom. The Hall–Kier alpha value is -0.920. The van der Waals surface area contributed by atoms with Gasteiger partial charge in [0.1, 0.15) is 0 Å². The lowest BCUT2D eigenvalue weighted by atomic mass is 10.1. The van der Waals surface area contributed by atoms with Gasteiger partial charge in [0.15, 0.2) is 0 Å². The number of allylic oxidation sites excluding steroid dienone is 2. The number of hydrogen-bond acceptors (Lipinski definition) is 4. The number of hydrogen-bond donors (Lipinski definition) is 0. The summed E-state index contributed by atoms with van der Waals surface area (Å²) in [7, 11) is 0. The van der Waals surface area contributed by atoms with E-state index in [1.54, 1.807) is 0 Å². The van der Waals surface area contributed by atoms with Gasteiger partial charge in [0.2, 0.25) is 0 Å². The number of isothiocyanates is 2. The van der Waals surface area contributed by atoms with Gasteiger partial charge >= 0.3 is 0 Å². The summed E-state index contributed by atoms with van der Waals surface area (Å²) in [6.45, 7) is 7.75. The Bertz CT molecular complexity index is 333. The molecule has 0 aliphatic rings. The molecule has 0 atom stereocenters. The Balaban J connectivity index is 5.63. The third kappa shape index (κ3) is 3.86. The van der Waals surface area contributed by atoms with Gasteiger partial charge in [0, 0.05) is 0 Å². The SMILES string of the molecule is CC(C)=C(N=C=S)C(N=C=S)=C(C)C. The first-order chi connectivity index (χ1) is 6.54. The van der Waals surface area contributed by atoms with Crippen LogP contribution in [0.2, 0.25) is 0 Å². The van der Waals surface area contributed by atoms with Crippen molar-refractivity contribution in [3.05, 3.63) is 22.5 Å². The van der Waals surface area contributed by atoms with E-state index < -0.39 is 0 Å². The monoisotopic (exact) mass is 224 g/mol. The summed E-state index contributed by atoms with van der Waals surface area (Å²) < 4.78 is 0. The minimum Gasteiger partial charge on any atom is -0.192 e. The zero-order chi connectivity index (χ0) is 11.1. The molecule has 0 heterocycles. The minimum atomic E-state index is 0.720. The maximum atomic E-state index is 4.58. The molecule has 0 aliphatic carbocycles. The average molecular weight is 224 g/mol. The molecule has 14 heavy (non-hydrogen) atoms. The maximum absolute atomic E-state index is 4.58.